The molecule has 2 rings (SSSR count). The zero-order chi connectivity index (χ0) is 9.80. The molecule has 4 heteroatoms. The van der Waals surface area contributed by atoms with Gasteiger partial charge in [-0.2, -0.15) is 4.98 Å². The van der Waals surface area contributed by atoms with Gasteiger partial charge in [0.1, 0.15) is 0 Å². The van der Waals surface area contributed by atoms with Crippen LogP contribution in [0.4, 0.5) is 0 Å². The van der Waals surface area contributed by atoms with Crippen LogP contribution in [0, 0.1) is 0 Å². The average Bonchev–Trinajstić information content (AvgIpc) is 2.67. The first-order valence-corrected chi connectivity index (χ1v) is 5.42. The van der Waals surface area contributed by atoms with Gasteiger partial charge in [0.25, 0.3) is 0 Å². The minimum atomic E-state index is 0.630. The second kappa shape index (κ2) is 4.37. The van der Waals surface area contributed by atoms with Crippen molar-refractivity contribution in [1.82, 2.24) is 10.1 Å². The molecule has 2 aromatic rings. The number of hydrogen-bond acceptors (Lipinski definition) is 3. The van der Waals surface area contributed by atoms with Gasteiger partial charge in [0.05, 0.1) is 11.8 Å². The number of rotatable bonds is 3. The molecule has 1 heterocycles. The highest BCUT2D eigenvalue weighted by molar-refractivity contribution is 9.08. The Labute approximate surface area is 90.3 Å². The zero-order valence-corrected chi connectivity index (χ0v) is 9.07. The molecule has 0 atom stereocenters. The molecular formula is C10H9BrN2O. The quantitative estimate of drug-likeness (QED) is 0.789. The lowest BCUT2D eigenvalue weighted by molar-refractivity contribution is 0.381. The summed E-state index contributed by atoms with van der Waals surface area (Å²) >= 11 is 3.27. The van der Waals surface area contributed by atoms with E-state index in [1.807, 2.05) is 30.3 Å². The molecule has 0 bridgehead atoms. The van der Waals surface area contributed by atoms with Crippen molar-refractivity contribution < 1.29 is 4.52 Å². The van der Waals surface area contributed by atoms with Crippen LogP contribution in [0.1, 0.15) is 17.3 Å². The Morgan fingerprint density at radius 2 is 2.00 bits per heavy atom. The molecule has 0 saturated heterocycles. The summed E-state index contributed by atoms with van der Waals surface area (Å²) in [7, 11) is 0. The van der Waals surface area contributed by atoms with Crippen molar-refractivity contribution >= 4 is 15.9 Å². The second-order valence-electron chi connectivity index (χ2n) is 2.90. The molecule has 0 N–H and O–H groups in total. The van der Waals surface area contributed by atoms with E-state index in [2.05, 4.69) is 26.1 Å². The van der Waals surface area contributed by atoms with Crippen molar-refractivity contribution in [2.75, 3.05) is 0 Å². The van der Waals surface area contributed by atoms with E-state index in [4.69, 9.17) is 4.52 Å². The summed E-state index contributed by atoms with van der Waals surface area (Å²) in [5.74, 6) is 1.35. The van der Waals surface area contributed by atoms with Crippen LogP contribution < -0.4 is 0 Å². The molecule has 0 aliphatic rings. The van der Waals surface area contributed by atoms with Gasteiger partial charge in [-0.25, -0.2) is 0 Å². The van der Waals surface area contributed by atoms with Gasteiger partial charge in [0, 0.05) is 0 Å². The molecule has 0 amide bonds. The third-order valence-electron chi connectivity index (χ3n) is 1.83. The molecule has 0 saturated carbocycles. The van der Waals surface area contributed by atoms with Crippen molar-refractivity contribution in [2.45, 2.75) is 11.8 Å². The van der Waals surface area contributed by atoms with Crippen LogP contribution in [0.15, 0.2) is 34.9 Å². The van der Waals surface area contributed by atoms with E-state index in [1.54, 1.807) is 0 Å². The second-order valence-corrected chi connectivity index (χ2v) is 3.46. The monoisotopic (exact) mass is 252 g/mol. The number of alkyl halides is 1. The first-order chi connectivity index (χ1) is 6.88. The third-order valence-corrected chi connectivity index (χ3v) is 2.33. The Bertz CT molecular complexity index is 400. The number of halogens is 1. The predicted octanol–water partition coefficient (Wildman–Crippen LogP) is 2.56. The summed E-state index contributed by atoms with van der Waals surface area (Å²) in [6, 6.07) is 10.1. The van der Waals surface area contributed by atoms with Crippen molar-refractivity contribution in [2.24, 2.45) is 0 Å². The van der Waals surface area contributed by atoms with Crippen LogP contribution in [0.5, 0.6) is 0 Å². The standard InChI is InChI=1S/C10H9BrN2O/c11-7-9-12-10(14-13-9)6-8-4-2-1-3-5-8/h1-5H,6-7H2. The lowest BCUT2D eigenvalue weighted by atomic mass is 10.1. The van der Waals surface area contributed by atoms with Gasteiger partial charge >= 0.3 is 0 Å². The predicted molar refractivity (Wildman–Crippen MR) is 56.2 cm³/mol. The largest absolute Gasteiger partial charge is 0.339 e. The van der Waals surface area contributed by atoms with Crippen LogP contribution in [0.25, 0.3) is 0 Å². The summed E-state index contributed by atoms with van der Waals surface area (Å²) in [6.45, 7) is 0. The van der Waals surface area contributed by atoms with Gasteiger partial charge in [-0.3, -0.25) is 0 Å². The Balaban J connectivity index is 2.11. The lowest BCUT2D eigenvalue weighted by Crippen LogP contribution is -1.88. The molecule has 0 radical (unpaired) electrons. The normalized spacial score (nSPS) is 10.4. The fraction of sp³-hybridized carbons (Fsp3) is 0.200. The summed E-state index contributed by atoms with van der Waals surface area (Å²) in [6.07, 6.45) is 0.695. The molecule has 14 heavy (non-hydrogen) atoms. The van der Waals surface area contributed by atoms with Crippen molar-refractivity contribution in [3.63, 3.8) is 0 Å². The summed E-state index contributed by atoms with van der Waals surface area (Å²) in [5, 5.41) is 4.43. The molecule has 1 aromatic carbocycles. The summed E-state index contributed by atoms with van der Waals surface area (Å²) in [4.78, 5) is 4.20. The molecule has 0 spiro atoms. The summed E-state index contributed by atoms with van der Waals surface area (Å²) < 4.78 is 5.07. The number of aromatic nitrogens is 2. The smallest absolute Gasteiger partial charge is 0.231 e. The molecular weight excluding hydrogens is 244 g/mol. The average molecular weight is 253 g/mol. The number of hydrogen-bond donors (Lipinski definition) is 0. The van der Waals surface area contributed by atoms with Crippen LogP contribution in [0.3, 0.4) is 0 Å². The van der Waals surface area contributed by atoms with Crippen LogP contribution in [-0.4, -0.2) is 10.1 Å². The van der Waals surface area contributed by atoms with E-state index in [0.717, 1.165) is 0 Å². The molecule has 0 fully saturated rings. The van der Waals surface area contributed by atoms with Crippen molar-refractivity contribution in [1.29, 1.82) is 0 Å². The Morgan fingerprint density at radius 1 is 1.21 bits per heavy atom. The van der Waals surface area contributed by atoms with Gasteiger partial charge < -0.3 is 4.52 Å². The maximum atomic E-state index is 5.07. The highest BCUT2D eigenvalue weighted by Gasteiger charge is 2.04. The van der Waals surface area contributed by atoms with E-state index >= 15 is 0 Å². The minimum absolute atomic E-state index is 0.630. The van der Waals surface area contributed by atoms with E-state index in [1.165, 1.54) is 5.56 Å². The maximum Gasteiger partial charge on any atom is 0.231 e. The molecule has 72 valence electrons. The third kappa shape index (κ3) is 2.20. The highest BCUT2D eigenvalue weighted by atomic mass is 79.9. The fourth-order valence-corrected chi connectivity index (χ4v) is 1.41. The molecule has 0 aliphatic carbocycles. The van der Waals surface area contributed by atoms with Gasteiger partial charge in [-0.05, 0) is 5.56 Å². The topological polar surface area (TPSA) is 38.9 Å². The summed E-state index contributed by atoms with van der Waals surface area (Å²) in [5.41, 5.74) is 1.18. The van der Waals surface area contributed by atoms with Gasteiger partial charge in [0.15, 0.2) is 5.82 Å². The van der Waals surface area contributed by atoms with Gasteiger partial charge in [0.2, 0.25) is 5.89 Å². The van der Waals surface area contributed by atoms with Gasteiger partial charge in [-0.1, -0.05) is 51.4 Å². The van der Waals surface area contributed by atoms with E-state index in [9.17, 15) is 0 Å². The van der Waals surface area contributed by atoms with Crippen LogP contribution in [-0.2, 0) is 11.8 Å². The molecule has 3 nitrogen and oxygen atoms in total. The molecule has 0 aliphatic heterocycles. The Kier molecular flexibility index (Phi) is 2.93. The molecule has 1 aromatic heterocycles. The van der Waals surface area contributed by atoms with E-state index in [-0.39, 0.29) is 0 Å². The van der Waals surface area contributed by atoms with Crippen LogP contribution in [0.2, 0.25) is 0 Å². The Hall–Kier alpha value is -1.16. The first kappa shape index (κ1) is 9.40. The highest BCUT2D eigenvalue weighted by Crippen LogP contribution is 2.08. The minimum Gasteiger partial charge on any atom is -0.339 e. The molecule has 0 unspecified atom stereocenters. The maximum absolute atomic E-state index is 5.07. The van der Waals surface area contributed by atoms with Crippen molar-refractivity contribution in [3.05, 3.63) is 47.6 Å². The number of nitrogens with zero attached hydrogens (tertiary/aromatic N) is 2. The lowest BCUT2D eigenvalue weighted by Gasteiger charge is -1.93. The van der Waals surface area contributed by atoms with E-state index < -0.39 is 0 Å². The SMILES string of the molecule is BrCc1noc(Cc2ccccc2)n1. The van der Waals surface area contributed by atoms with Crippen LogP contribution >= 0.6 is 15.9 Å². The Morgan fingerprint density at radius 3 is 2.64 bits per heavy atom. The van der Waals surface area contributed by atoms with E-state index in [0.29, 0.717) is 23.5 Å². The first-order valence-electron chi connectivity index (χ1n) is 4.30. The van der Waals surface area contributed by atoms with Gasteiger partial charge in [-0.15, -0.1) is 0 Å². The number of benzene rings is 1. The zero-order valence-electron chi connectivity index (χ0n) is 7.48. The van der Waals surface area contributed by atoms with Crippen molar-refractivity contribution in [3.8, 4) is 0 Å². The fourth-order valence-electron chi connectivity index (χ4n) is 1.19.